The summed E-state index contributed by atoms with van der Waals surface area (Å²) in [6.45, 7) is 0. The number of anilines is 1. The average molecular weight is 501 g/mol. The molecule has 0 amide bonds. The molecule has 3 aromatic rings. The molecule has 0 saturated heterocycles. The van der Waals surface area contributed by atoms with Crippen LogP contribution in [-0.4, -0.2) is 36.6 Å². The van der Waals surface area contributed by atoms with Crippen LogP contribution in [-0.2, 0) is 4.79 Å². The molecule has 8 nitrogen and oxygen atoms in total. The molecule has 188 valence electrons. The molecule has 1 aliphatic heterocycles. The second-order valence-electron chi connectivity index (χ2n) is 8.58. The number of aromatic nitrogens is 2. The third-order valence-electron chi connectivity index (χ3n) is 6.50. The van der Waals surface area contributed by atoms with E-state index in [-0.39, 0.29) is 23.9 Å². The number of allylic oxidation sites excluding steroid dienone is 2. The Morgan fingerprint density at radius 2 is 1.58 bits per heavy atom. The van der Waals surface area contributed by atoms with Crippen LogP contribution in [0.5, 0.6) is 17.2 Å². The lowest BCUT2D eigenvalue weighted by Gasteiger charge is -2.34. The molecule has 2 aliphatic rings. The van der Waals surface area contributed by atoms with E-state index < -0.39 is 17.8 Å². The number of carbonyl (C=O) groups is 1. The first-order chi connectivity index (χ1) is 17.2. The zero-order valence-corrected chi connectivity index (χ0v) is 19.3. The van der Waals surface area contributed by atoms with Crippen molar-refractivity contribution in [1.82, 2.24) is 10.2 Å². The molecule has 0 spiro atoms. The molecular formula is C25H22F3N3O5. The largest absolute Gasteiger partial charge is 0.573 e. The van der Waals surface area contributed by atoms with Crippen molar-refractivity contribution in [1.29, 1.82) is 0 Å². The highest BCUT2D eigenvalue weighted by Gasteiger charge is 2.40. The summed E-state index contributed by atoms with van der Waals surface area (Å²) in [6, 6.07) is 10.7. The van der Waals surface area contributed by atoms with Gasteiger partial charge in [0.2, 0.25) is 0 Å². The first kappa shape index (κ1) is 23.6. The normalized spacial score (nSPS) is 19.3. The molecule has 36 heavy (non-hydrogen) atoms. The van der Waals surface area contributed by atoms with Gasteiger partial charge < -0.3 is 19.5 Å². The van der Waals surface area contributed by atoms with Crippen molar-refractivity contribution in [3.63, 3.8) is 0 Å². The summed E-state index contributed by atoms with van der Waals surface area (Å²) in [5.41, 5.74) is 2.36. The summed E-state index contributed by atoms with van der Waals surface area (Å²) >= 11 is 0. The van der Waals surface area contributed by atoms with Crippen LogP contribution in [0.1, 0.15) is 41.4 Å². The molecule has 1 aromatic heterocycles. The van der Waals surface area contributed by atoms with Gasteiger partial charge in [-0.25, -0.2) is 0 Å². The van der Waals surface area contributed by atoms with E-state index in [1.165, 1.54) is 31.4 Å². The van der Waals surface area contributed by atoms with Gasteiger partial charge >= 0.3 is 6.36 Å². The minimum atomic E-state index is -4.82. The van der Waals surface area contributed by atoms with Gasteiger partial charge in [-0.15, -0.1) is 13.2 Å². The lowest BCUT2D eigenvalue weighted by molar-refractivity contribution is -0.274. The van der Waals surface area contributed by atoms with Crippen LogP contribution in [0.2, 0.25) is 0 Å². The van der Waals surface area contributed by atoms with Gasteiger partial charge in [-0.3, -0.25) is 19.8 Å². The first-order valence-corrected chi connectivity index (χ1v) is 11.1. The number of nitrogens with one attached hydrogen (secondary N) is 3. The van der Waals surface area contributed by atoms with Crippen LogP contribution < -0.4 is 25.1 Å². The Kier molecular flexibility index (Phi) is 5.77. The van der Waals surface area contributed by atoms with Crippen LogP contribution in [0, 0.1) is 0 Å². The number of hydrogen-bond donors (Lipinski definition) is 3. The van der Waals surface area contributed by atoms with Crippen molar-refractivity contribution >= 4 is 11.6 Å². The number of carbonyl (C=O) groups excluding carboxylic acids is 1. The number of ketones is 1. The Morgan fingerprint density at radius 3 is 2.25 bits per heavy atom. The van der Waals surface area contributed by atoms with Gasteiger partial charge in [-0.05, 0) is 47.7 Å². The van der Waals surface area contributed by atoms with E-state index in [0.29, 0.717) is 46.1 Å². The topological polar surface area (TPSA) is 105 Å². The van der Waals surface area contributed by atoms with E-state index in [9.17, 15) is 22.8 Å². The molecule has 3 N–H and O–H groups in total. The fourth-order valence-corrected chi connectivity index (χ4v) is 4.96. The van der Waals surface area contributed by atoms with E-state index in [1.807, 2.05) is 12.1 Å². The van der Waals surface area contributed by atoms with Crippen LogP contribution in [0.3, 0.4) is 0 Å². The van der Waals surface area contributed by atoms with Crippen molar-refractivity contribution in [2.75, 3.05) is 19.5 Å². The summed E-state index contributed by atoms with van der Waals surface area (Å²) in [6.07, 6.45) is -4.15. The predicted molar refractivity (Wildman–Crippen MR) is 124 cm³/mol. The summed E-state index contributed by atoms with van der Waals surface area (Å²) < 4.78 is 52.5. The van der Waals surface area contributed by atoms with Crippen molar-refractivity contribution in [2.45, 2.75) is 31.0 Å². The maximum atomic E-state index is 13.5. The number of fused-ring (bicyclic) bond motifs is 1. The number of benzene rings is 2. The summed E-state index contributed by atoms with van der Waals surface area (Å²) in [7, 11) is 3.08. The highest BCUT2D eigenvalue weighted by atomic mass is 19.4. The van der Waals surface area contributed by atoms with Crippen LogP contribution >= 0.6 is 0 Å². The zero-order valence-electron chi connectivity index (χ0n) is 19.3. The number of aromatic amines is 2. The predicted octanol–water partition coefficient (Wildman–Crippen LogP) is 4.58. The van der Waals surface area contributed by atoms with Crippen molar-refractivity contribution < 1.29 is 32.2 Å². The Labute approximate surface area is 203 Å². The number of halogens is 3. The van der Waals surface area contributed by atoms with E-state index in [0.717, 1.165) is 5.56 Å². The third-order valence-corrected chi connectivity index (χ3v) is 6.50. The van der Waals surface area contributed by atoms with Gasteiger partial charge in [0.1, 0.15) is 11.6 Å². The Hall–Kier alpha value is -4.15. The lowest BCUT2D eigenvalue weighted by atomic mass is 9.73. The smallest absolute Gasteiger partial charge is 0.493 e. The van der Waals surface area contributed by atoms with E-state index in [4.69, 9.17) is 9.47 Å². The Morgan fingerprint density at radius 1 is 0.889 bits per heavy atom. The molecule has 0 bridgehead atoms. The number of methoxy groups -OCH3 is 2. The van der Waals surface area contributed by atoms with Gasteiger partial charge in [0, 0.05) is 23.6 Å². The Balaban J connectivity index is 1.53. The zero-order chi connectivity index (χ0) is 25.6. The molecule has 0 radical (unpaired) electrons. The monoisotopic (exact) mass is 501 g/mol. The average Bonchev–Trinajstić information content (AvgIpc) is 3.22. The van der Waals surface area contributed by atoms with Crippen LogP contribution in [0.4, 0.5) is 19.0 Å². The maximum absolute atomic E-state index is 13.5. The molecule has 1 aliphatic carbocycles. The highest BCUT2D eigenvalue weighted by Crippen LogP contribution is 2.47. The molecule has 0 saturated carbocycles. The lowest BCUT2D eigenvalue weighted by Crippen LogP contribution is -2.31. The standard InChI is InChI=1S/C25H22F3N3O5/c1-34-18-8-5-13(11-19(18)35-2)14-9-16-21(17(32)10-14)20(22-23(29-16)30-31-24(22)33)12-3-6-15(7-4-12)36-25(26,27)28/h3-8,11,14,20H,9-10H2,1-2H3,(H3,29,30,31,33)/t14-,20+/m1/s1. The summed E-state index contributed by atoms with van der Waals surface area (Å²) in [5, 5.41) is 8.52. The number of rotatable bonds is 5. The SMILES string of the molecule is COc1ccc([C@H]2CC(=O)C3=C(C2)Nc2[nH][nH]c(=O)c2[C@H]3c2ccc(OC(F)(F)F)cc2)cc1OC. The quantitative estimate of drug-likeness (QED) is 0.473. The second kappa shape index (κ2) is 8.81. The number of Topliss-reactive ketones (excluding diaryl/α,β-unsaturated/α-hetero) is 1. The fraction of sp³-hybridized carbons (Fsp3) is 0.280. The molecule has 2 heterocycles. The second-order valence-corrected chi connectivity index (χ2v) is 8.58. The molecule has 2 aromatic carbocycles. The van der Waals surface area contributed by atoms with Gasteiger partial charge in [0.05, 0.1) is 19.8 Å². The van der Waals surface area contributed by atoms with Crippen molar-refractivity contribution in [3.8, 4) is 17.2 Å². The van der Waals surface area contributed by atoms with Crippen molar-refractivity contribution in [2.24, 2.45) is 0 Å². The van der Waals surface area contributed by atoms with E-state index in [1.54, 1.807) is 13.2 Å². The summed E-state index contributed by atoms with van der Waals surface area (Å²) in [5.74, 6) is 0.0994. The Bertz CT molecular complexity index is 1410. The molecule has 11 heteroatoms. The van der Waals surface area contributed by atoms with E-state index in [2.05, 4.69) is 20.3 Å². The van der Waals surface area contributed by atoms with Crippen LogP contribution in [0.25, 0.3) is 0 Å². The van der Waals surface area contributed by atoms with Gasteiger partial charge in [0.15, 0.2) is 17.3 Å². The molecular weight excluding hydrogens is 479 g/mol. The van der Waals surface area contributed by atoms with E-state index >= 15 is 0 Å². The highest BCUT2D eigenvalue weighted by molar-refractivity contribution is 6.01. The third kappa shape index (κ3) is 4.21. The minimum absolute atomic E-state index is 0.154. The van der Waals surface area contributed by atoms with Gasteiger partial charge in [-0.2, -0.15) is 0 Å². The number of hydrogen-bond acceptors (Lipinski definition) is 6. The number of alkyl halides is 3. The van der Waals surface area contributed by atoms with Crippen LogP contribution in [0.15, 0.2) is 58.5 Å². The molecule has 5 rings (SSSR count). The van der Waals surface area contributed by atoms with Gasteiger partial charge in [0.25, 0.3) is 5.56 Å². The molecule has 0 unspecified atom stereocenters. The fourth-order valence-electron chi connectivity index (χ4n) is 4.96. The number of ether oxygens (including phenoxy) is 3. The number of H-pyrrole nitrogens is 2. The first-order valence-electron chi connectivity index (χ1n) is 11.1. The van der Waals surface area contributed by atoms with Crippen molar-refractivity contribution in [3.05, 3.63) is 80.8 Å². The molecule has 2 atom stereocenters. The summed E-state index contributed by atoms with van der Waals surface area (Å²) in [4.78, 5) is 26.2. The maximum Gasteiger partial charge on any atom is 0.573 e. The molecule has 0 fully saturated rings. The minimum Gasteiger partial charge on any atom is -0.493 e. The van der Waals surface area contributed by atoms with Gasteiger partial charge in [-0.1, -0.05) is 18.2 Å².